The highest BCUT2D eigenvalue weighted by Crippen LogP contribution is 2.43. The Morgan fingerprint density at radius 1 is 1.03 bits per heavy atom. The number of phenols is 1. The summed E-state index contributed by atoms with van der Waals surface area (Å²) in [6.07, 6.45) is 0.154. The summed E-state index contributed by atoms with van der Waals surface area (Å²) >= 11 is 0. The summed E-state index contributed by atoms with van der Waals surface area (Å²) in [6.45, 7) is 2.30. The van der Waals surface area contributed by atoms with Crippen molar-refractivity contribution in [3.8, 4) is 17.2 Å². The smallest absolute Gasteiger partial charge is 0.232 e. The van der Waals surface area contributed by atoms with E-state index in [1.165, 1.54) is 0 Å². The molecule has 3 aromatic rings. The summed E-state index contributed by atoms with van der Waals surface area (Å²) in [5.74, 6) is 1.33. The molecule has 0 bridgehead atoms. The highest BCUT2D eigenvalue weighted by Gasteiger charge is 2.36. The summed E-state index contributed by atoms with van der Waals surface area (Å²) < 4.78 is 17.0. The van der Waals surface area contributed by atoms with E-state index in [-0.39, 0.29) is 24.2 Å². The molecule has 1 aliphatic heterocycles. The van der Waals surface area contributed by atoms with Crippen LogP contribution in [0.4, 0.5) is 11.4 Å². The van der Waals surface area contributed by atoms with E-state index in [2.05, 4.69) is 0 Å². The second kappa shape index (κ2) is 10.3. The van der Waals surface area contributed by atoms with Gasteiger partial charge in [-0.2, -0.15) is 0 Å². The van der Waals surface area contributed by atoms with Gasteiger partial charge >= 0.3 is 0 Å². The molecule has 0 saturated heterocycles. The minimum absolute atomic E-state index is 0.0168. The fourth-order valence-corrected chi connectivity index (χ4v) is 4.29. The second-order valence-corrected chi connectivity index (χ2v) is 8.90. The van der Waals surface area contributed by atoms with E-state index in [0.717, 1.165) is 28.1 Å². The first-order valence-corrected chi connectivity index (χ1v) is 11.6. The molecule has 0 saturated carbocycles. The fourth-order valence-electron chi connectivity index (χ4n) is 4.29. The van der Waals surface area contributed by atoms with Crippen LogP contribution in [0.3, 0.4) is 0 Å². The lowest BCUT2D eigenvalue weighted by Gasteiger charge is -2.38. The minimum Gasteiger partial charge on any atom is -0.508 e. The van der Waals surface area contributed by atoms with Crippen molar-refractivity contribution in [2.45, 2.75) is 25.5 Å². The molecule has 0 aromatic heterocycles. The Morgan fingerprint density at radius 3 is 2.31 bits per heavy atom. The lowest BCUT2D eigenvalue weighted by molar-refractivity contribution is -0.118. The van der Waals surface area contributed by atoms with E-state index in [4.69, 9.17) is 14.2 Å². The van der Waals surface area contributed by atoms with Crippen molar-refractivity contribution in [2.24, 2.45) is 0 Å². The van der Waals surface area contributed by atoms with Crippen molar-refractivity contribution in [2.75, 3.05) is 44.7 Å². The normalized spacial score (nSPS) is 16.0. The van der Waals surface area contributed by atoms with Gasteiger partial charge in [-0.25, -0.2) is 0 Å². The van der Waals surface area contributed by atoms with Crippen LogP contribution in [0, 0.1) is 0 Å². The molecule has 0 radical (unpaired) electrons. The molecule has 0 spiro atoms. The van der Waals surface area contributed by atoms with Crippen LogP contribution >= 0.6 is 0 Å². The van der Waals surface area contributed by atoms with Crippen molar-refractivity contribution in [3.05, 3.63) is 77.4 Å². The van der Waals surface area contributed by atoms with E-state index in [1.807, 2.05) is 79.3 Å². The summed E-state index contributed by atoms with van der Waals surface area (Å²) in [7, 11) is 7.20. The van der Waals surface area contributed by atoms with E-state index in [9.17, 15) is 9.90 Å². The molecule has 0 aliphatic carbocycles. The van der Waals surface area contributed by atoms with Crippen LogP contribution in [-0.4, -0.2) is 52.0 Å². The molecule has 3 aromatic carbocycles. The standard InChI is InChI=1S/C28H32N2O5/c1-18(33-4)17-35-26-16-24-20(14-25(26)34-5)15-27(32)30(22-10-8-21(9-11-22)29(2)3)28(24)19-6-12-23(31)13-7-19/h6-14,16,18,28,31H,15,17H2,1-5H3. The number of methoxy groups -OCH3 is 2. The van der Waals surface area contributed by atoms with Gasteiger partial charge in [-0.05, 0) is 72.1 Å². The number of hydrogen-bond donors (Lipinski definition) is 1. The van der Waals surface area contributed by atoms with Gasteiger partial charge in [0.05, 0.1) is 25.7 Å². The SMILES string of the molecule is COc1cc2c(cc1OCC(C)OC)C(c1ccc(O)cc1)N(c1ccc(N(C)C)cc1)C(=O)C2. The predicted molar refractivity (Wildman–Crippen MR) is 137 cm³/mol. The van der Waals surface area contributed by atoms with E-state index in [1.54, 1.807) is 26.4 Å². The van der Waals surface area contributed by atoms with Gasteiger partial charge in [-0.15, -0.1) is 0 Å². The van der Waals surface area contributed by atoms with Crippen molar-refractivity contribution in [1.82, 2.24) is 0 Å². The number of anilines is 2. The maximum absolute atomic E-state index is 13.5. The number of benzene rings is 3. The Bertz CT molecular complexity index is 1180. The highest BCUT2D eigenvalue weighted by molar-refractivity contribution is 5.98. The Labute approximate surface area is 206 Å². The average molecular weight is 477 g/mol. The molecular formula is C28H32N2O5. The van der Waals surface area contributed by atoms with Crippen LogP contribution < -0.4 is 19.3 Å². The number of amides is 1. The lowest BCUT2D eigenvalue weighted by atomic mass is 9.86. The molecule has 184 valence electrons. The van der Waals surface area contributed by atoms with Gasteiger partial charge in [0.15, 0.2) is 11.5 Å². The number of carbonyl (C=O) groups excluding carboxylic acids is 1. The number of fused-ring (bicyclic) bond motifs is 1. The Hall–Kier alpha value is -3.71. The summed E-state index contributed by atoms with van der Waals surface area (Å²) in [5.41, 5.74) is 4.57. The van der Waals surface area contributed by atoms with Crippen LogP contribution in [0.25, 0.3) is 0 Å². The van der Waals surface area contributed by atoms with Gasteiger partial charge in [0.2, 0.25) is 5.91 Å². The summed E-state index contributed by atoms with van der Waals surface area (Å²) in [5, 5.41) is 9.89. The first-order valence-electron chi connectivity index (χ1n) is 11.6. The zero-order chi connectivity index (χ0) is 25.1. The van der Waals surface area contributed by atoms with Crippen molar-refractivity contribution in [1.29, 1.82) is 0 Å². The summed E-state index contributed by atoms with van der Waals surface area (Å²) in [6, 6.07) is 18.4. The molecule has 2 unspecified atom stereocenters. The molecular weight excluding hydrogens is 444 g/mol. The molecule has 2 atom stereocenters. The molecule has 7 nitrogen and oxygen atoms in total. The molecule has 1 N–H and O–H groups in total. The van der Waals surface area contributed by atoms with Crippen LogP contribution in [0.1, 0.15) is 29.7 Å². The Balaban J connectivity index is 1.84. The first kappa shape index (κ1) is 24.4. The largest absolute Gasteiger partial charge is 0.508 e. The van der Waals surface area contributed by atoms with Crippen LogP contribution in [-0.2, 0) is 16.0 Å². The van der Waals surface area contributed by atoms with Gasteiger partial charge in [-0.1, -0.05) is 12.1 Å². The maximum atomic E-state index is 13.5. The molecule has 0 fully saturated rings. The van der Waals surface area contributed by atoms with Gasteiger partial charge < -0.3 is 29.1 Å². The monoisotopic (exact) mass is 476 g/mol. The number of rotatable bonds is 8. The average Bonchev–Trinajstić information content (AvgIpc) is 2.86. The quantitative estimate of drug-likeness (QED) is 0.514. The van der Waals surface area contributed by atoms with Gasteiger partial charge in [0.25, 0.3) is 0 Å². The van der Waals surface area contributed by atoms with Gasteiger partial charge in [0.1, 0.15) is 12.4 Å². The molecule has 7 heteroatoms. The highest BCUT2D eigenvalue weighted by atomic mass is 16.5. The number of nitrogens with zero attached hydrogens (tertiary/aromatic N) is 2. The third-order valence-corrected chi connectivity index (χ3v) is 6.32. The maximum Gasteiger partial charge on any atom is 0.232 e. The molecule has 4 rings (SSSR count). The number of phenolic OH excluding ortho intramolecular Hbond substituents is 1. The lowest BCUT2D eigenvalue weighted by Crippen LogP contribution is -2.41. The summed E-state index contributed by atoms with van der Waals surface area (Å²) in [4.78, 5) is 17.4. The molecule has 1 heterocycles. The van der Waals surface area contributed by atoms with Gasteiger partial charge in [-0.3, -0.25) is 4.79 Å². The van der Waals surface area contributed by atoms with Crippen molar-refractivity contribution >= 4 is 17.3 Å². The number of carbonyl (C=O) groups is 1. The van der Waals surface area contributed by atoms with E-state index < -0.39 is 6.04 Å². The third kappa shape index (κ3) is 5.05. The zero-order valence-corrected chi connectivity index (χ0v) is 20.8. The second-order valence-electron chi connectivity index (χ2n) is 8.90. The van der Waals surface area contributed by atoms with Gasteiger partial charge in [0, 0.05) is 32.6 Å². The Morgan fingerprint density at radius 2 is 1.71 bits per heavy atom. The number of hydrogen-bond acceptors (Lipinski definition) is 6. The van der Waals surface area contributed by atoms with Crippen LogP contribution in [0.5, 0.6) is 17.2 Å². The van der Waals surface area contributed by atoms with Crippen LogP contribution in [0.2, 0.25) is 0 Å². The topological polar surface area (TPSA) is 71.5 Å². The molecule has 1 amide bonds. The van der Waals surface area contributed by atoms with Crippen molar-refractivity contribution in [3.63, 3.8) is 0 Å². The zero-order valence-electron chi connectivity index (χ0n) is 20.8. The fraction of sp³-hybridized carbons (Fsp3) is 0.321. The molecule has 35 heavy (non-hydrogen) atoms. The van der Waals surface area contributed by atoms with E-state index >= 15 is 0 Å². The Kier molecular flexibility index (Phi) is 7.17. The predicted octanol–water partition coefficient (Wildman–Crippen LogP) is 4.56. The van der Waals surface area contributed by atoms with Crippen molar-refractivity contribution < 1.29 is 24.1 Å². The van der Waals surface area contributed by atoms with Crippen LogP contribution in [0.15, 0.2) is 60.7 Å². The number of aromatic hydroxyl groups is 1. The minimum atomic E-state index is -0.398. The first-order chi connectivity index (χ1) is 16.8. The number of ether oxygens (including phenoxy) is 3. The van der Waals surface area contributed by atoms with E-state index in [0.29, 0.717) is 18.1 Å². The molecule has 1 aliphatic rings. The third-order valence-electron chi connectivity index (χ3n) is 6.32.